The largest absolute Gasteiger partial charge is 0.338 e. The van der Waals surface area contributed by atoms with E-state index < -0.39 is 0 Å². The monoisotopic (exact) mass is 279 g/mol. The van der Waals surface area contributed by atoms with Crippen LogP contribution in [0.3, 0.4) is 0 Å². The molecule has 2 amide bonds. The quantitative estimate of drug-likeness (QED) is 0.832. The number of rotatable bonds is 4. The summed E-state index contributed by atoms with van der Waals surface area (Å²) in [7, 11) is 0. The summed E-state index contributed by atoms with van der Waals surface area (Å²) in [6.45, 7) is 4.67. The summed E-state index contributed by atoms with van der Waals surface area (Å²) in [6, 6.07) is -0.139. The van der Waals surface area contributed by atoms with Gasteiger partial charge < -0.3 is 10.6 Å². The van der Waals surface area contributed by atoms with Gasteiger partial charge in [-0.2, -0.15) is 0 Å². The molecule has 2 atom stereocenters. The lowest BCUT2D eigenvalue weighted by molar-refractivity contribution is 0.235. The Kier molecular flexibility index (Phi) is 4.96. The first-order chi connectivity index (χ1) is 9.15. The number of hydrogen-bond donors (Lipinski definition) is 2. The summed E-state index contributed by atoms with van der Waals surface area (Å²) in [5.74, 6) is 0.577. The van der Waals surface area contributed by atoms with Crippen molar-refractivity contribution in [1.29, 1.82) is 0 Å². The number of aromatic nitrogens is 1. The molecular formula is C14H21N3OS. The summed E-state index contributed by atoms with van der Waals surface area (Å²) >= 11 is 1.58. The van der Waals surface area contributed by atoms with E-state index in [1.54, 1.807) is 11.3 Å². The Morgan fingerprint density at radius 3 is 3.05 bits per heavy atom. The molecule has 0 spiro atoms. The first-order valence-corrected chi connectivity index (χ1v) is 7.64. The zero-order chi connectivity index (χ0) is 13.7. The van der Waals surface area contributed by atoms with Gasteiger partial charge in [0.05, 0.1) is 6.04 Å². The molecule has 0 saturated carbocycles. The van der Waals surface area contributed by atoms with E-state index in [0.717, 1.165) is 36.5 Å². The van der Waals surface area contributed by atoms with E-state index in [0.29, 0.717) is 5.92 Å². The van der Waals surface area contributed by atoms with Crippen molar-refractivity contribution < 1.29 is 4.79 Å². The van der Waals surface area contributed by atoms with Crippen molar-refractivity contribution in [3.8, 4) is 0 Å². The maximum absolute atomic E-state index is 11.8. The van der Waals surface area contributed by atoms with Crippen molar-refractivity contribution in [1.82, 2.24) is 15.6 Å². The predicted molar refractivity (Wildman–Crippen MR) is 78.3 cm³/mol. The Labute approximate surface area is 118 Å². The first-order valence-electron chi connectivity index (χ1n) is 6.76. The van der Waals surface area contributed by atoms with Gasteiger partial charge in [0.1, 0.15) is 5.01 Å². The Morgan fingerprint density at radius 1 is 1.58 bits per heavy atom. The highest BCUT2D eigenvalue weighted by molar-refractivity contribution is 7.09. The molecule has 0 radical (unpaired) electrons. The van der Waals surface area contributed by atoms with Gasteiger partial charge in [-0.25, -0.2) is 9.78 Å². The third-order valence-electron chi connectivity index (χ3n) is 3.28. The van der Waals surface area contributed by atoms with Gasteiger partial charge in [-0.3, -0.25) is 0 Å². The average molecular weight is 279 g/mol. The van der Waals surface area contributed by atoms with Crippen LogP contribution in [0.25, 0.3) is 0 Å². The minimum atomic E-state index is -0.102. The molecule has 5 heteroatoms. The topological polar surface area (TPSA) is 54.0 Å². The van der Waals surface area contributed by atoms with Gasteiger partial charge in [0.15, 0.2) is 0 Å². The highest BCUT2D eigenvalue weighted by atomic mass is 32.1. The second-order valence-corrected chi connectivity index (χ2v) is 5.94. The van der Waals surface area contributed by atoms with Crippen LogP contribution in [0.1, 0.15) is 42.9 Å². The van der Waals surface area contributed by atoms with Gasteiger partial charge in [0.25, 0.3) is 0 Å². The summed E-state index contributed by atoms with van der Waals surface area (Å²) in [4.78, 5) is 16.2. The van der Waals surface area contributed by atoms with Gasteiger partial charge in [0, 0.05) is 17.6 Å². The lowest BCUT2D eigenvalue weighted by atomic mass is 9.94. The van der Waals surface area contributed by atoms with Crippen LogP contribution in [-0.4, -0.2) is 17.6 Å². The fourth-order valence-electron chi connectivity index (χ4n) is 2.16. The number of urea groups is 1. The maximum atomic E-state index is 11.8. The lowest BCUT2D eigenvalue weighted by Crippen LogP contribution is -2.39. The van der Waals surface area contributed by atoms with Crippen molar-refractivity contribution in [3.05, 3.63) is 28.2 Å². The molecule has 2 rings (SSSR count). The first kappa shape index (κ1) is 14.1. The fraction of sp³-hybridized carbons (Fsp3) is 0.571. The Morgan fingerprint density at radius 2 is 2.42 bits per heavy atom. The molecule has 0 fully saturated rings. The molecule has 0 unspecified atom stereocenters. The second-order valence-electron chi connectivity index (χ2n) is 5.05. The third-order valence-corrected chi connectivity index (χ3v) is 4.43. The van der Waals surface area contributed by atoms with E-state index in [9.17, 15) is 4.79 Å². The minimum absolute atomic E-state index is 0.0371. The van der Waals surface area contributed by atoms with E-state index in [1.165, 1.54) is 0 Å². The molecule has 1 aromatic rings. The zero-order valence-electron chi connectivity index (χ0n) is 11.5. The third kappa shape index (κ3) is 4.35. The van der Waals surface area contributed by atoms with Crippen LogP contribution in [0.15, 0.2) is 17.5 Å². The number of amides is 2. The number of hydrogen-bond acceptors (Lipinski definition) is 3. The highest BCUT2D eigenvalue weighted by Crippen LogP contribution is 2.18. The van der Waals surface area contributed by atoms with E-state index in [1.807, 2.05) is 19.2 Å². The van der Waals surface area contributed by atoms with Crippen LogP contribution in [-0.2, 0) is 0 Å². The van der Waals surface area contributed by atoms with E-state index >= 15 is 0 Å². The molecule has 2 N–H and O–H groups in total. The number of aryl methyl sites for hydroxylation is 1. The summed E-state index contributed by atoms with van der Waals surface area (Å²) in [5, 5.41) is 8.83. The highest BCUT2D eigenvalue weighted by Gasteiger charge is 2.14. The molecule has 0 aromatic carbocycles. The standard InChI is InChI=1S/C14H21N3OS/c1-10-9-19-13(16-10)11(2)17-14(18)15-8-12-6-4-3-5-7-12/h3-4,9,11-12H,5-8H2,1-2H3,(H2,15,17,18)/t11-,12-/m1/s1. The lowest BCUT2D eigenvalue weighted by Gasteiger charge is -2.19. The molecule has 1 aliphatic rings. The maximum Gasteiger partial charge on any atom is 0.315 e. The van der Waals surface area contributed by atoms with Crippen LogP contribution in [0.5, 0.6) is 0 Å². The minimum Gasteiger partial charge on any atom is -0.338 e. The van der Waals surface area contributed by atoms with E-state index in [2.05, 4.69) is 27.8 Å². The Bertz CT molecular complexity index is 455. The van der Waals surface area contributed by atoms with Crippen molar-refractivity contribution in [2.45, 2.75) is 39.2 Å². The predicted octanol–water partition coefficient (Wildman–Crippen LogP) is 3.17. The van der Waals surface area contributed by atoms with Crippen molar-refractivity contribution >= 4 is 17.4 Å². The number of carbonyl (C=O) groups is 1. The molecule has 1 aliphatic carbocycles. The van der Waals surface area contributed by atoms with E-state index in [-0.39, 0.29) is 12.1 Å². The molecular weight excluding hydrogens is 258 g/mol. The van der Waals surface area contributed by atoms with Gasteiger partial charge in [0.2, 0.25) is 0 Å². The van der Waals surface area contributed by atoms with Crippen molar-refractivity contribution in [3.63, 3.8) is 0 Å². The number of allylic oxidation sites excluding steroid dienone is 2. The van der Waals surface area contributed by atoms with Gasteiger partial charge >= 0.3 is 6.03 Å². The number of thiazole rings is 1. The fourth-order valence-corrected chi connectivity index (χ4v) is 2.96. The Hall–Kier alpha value is -1.36. The number of nitrogens with zero attached hydrogens (tertiary/aromatic N) is 1. The molecule has 0 saturated heterocycles. The smallest absolute Gasteiger partial charge is 0.315 e. The van der Waals surface area contributed by atoms with Crippen LogP contribution in [0, 0.1) is 12.8 Å². The molecule has 1 aromatic heterocycles. The van der Waals surface area contributed by atoms with E-state index in [4.69, 9.17) is 0 Å². The molecule has 0 bridgehead atoms. The van der Waals surface area contributed by atoms with Crippen LogP contribution < -0.4 is 10.6 Å². The molecule has 104 valence electrons. The van der Waals surface area contributed by atoms with Gasteiger partial charge in [-0.05, 0) is 39.0 Å². The average Bonchev–Trinajstić information content (AvgIpc) is 2.84. The zero-order valence-corrected chi connectivity index (χ0v) is 12.3. The van der Waals surface area contributed by atoms with Crippen LogP contribution in [0.2, 0.25) is 0 Å². The SMILES string of the molecule is Cc1csc([C@@H](C)NC(=O)NC[C@@H]2CC=CCC2)n1. The summed E-state index contributed by atoms with van der Waals surface area (Å²) in [5.41, 5.74) is 1.00. The number of carbonyl (C=O) groups excluding carboxylic acids is 1. The van der Waals surface area contributed by atoms with Crippen molar-refractivity contribution in [2.75, 3.05) is 6.54 Å². The number of nitrogens with one attached hydrogen (secondary N) is 2. The van der Waals surface area contributed by atoms with Gasteiger partial charge in [-0.15, -0.1) is 11.3 Å². The Balaban J connectivity index is 1.73. The molecule has 1 heterocycles. The van der Waals surface area contributed by atoms with Crippen LogP contribution >= 0.6 is 11.3 Å². The molecule has 0 aliphatic heterocycles. The molecule has 19 heavy (non-hydrogen) atoms. The molecule has 4 nitrogen and oxygen atoms in total. The van der Waals surface area contributed by atoms with Gasteiger partial charge in [-0.1, -0.05) is 12.2 Å². The van der Waals surface area contributed by atoms with Crippen molar-refractivity contribution in [2.24, 2.45) is 5.92 Å². The van der Waals surface area contributed by atoms with Crippen LogP contribution in [0.4, 0.5) is 4.79 Å². The summed E-state index contributed by atoms with van der Waals surface area (Å²) in [6.07, 6.45) is 7.78. The second kappa shape index (κ2) is 6.70. The summed E-state index contributed by atoms with van der Waals surface area (Å²) < 4.78 is 0. The normalized spacial score (nSPS) is 20.0.